The van der Waals surface area contributed by atoms with E-state index in [-0.39, 0.29) is 11.2 Å². The van der Waals surface area contributed by atoms with E-state index in [4.69, 9.17) is 5.26 Å². The number of thioether (sulfide) groups is 1. The normalized spacial score (nSPS) is 11.8. The Balaban J connectivity index is 1.90. The average molecular weight is 361 g/mol. The molecule has 0 aliphatic rings. The molecule has 0 fully saturated rings. The first kappa shape index (κ1) is 18.2. The first-order chi connectivity index (χ1) is 11.5. The zero-order valence-corrected chi connectivity index (χ0v) is 15.4. The van der Waals surface area contributed by atoms with E-state index in [9.17, 15) is 4.79 Å². The Morgan fingerprint density at radius 1 is 1.38 bits per heavy atom. The highest BCUT2D eigenvalue weighted by atomic mass is 32.2. The van der Waals surface area contributed by atoms with Gasteiger partial charge in [0.15, 0.2) is 4.34 Å². The summed E-state index contributed by atoms with van der Waals surface area (Å²) in [5.41, 5.74) is 1.13. The fraction of sp³-hybridized carbons (Fsp3) is 0.375. The van der Waals surface area contributed by atoms with E-state index in [0.717, 1.165) is 16.0 Å². The van der Waals surface area contributed by atoms with Gasteiger partial charge in [0.2, 0.25) is 11.0 Å². The lowest BCUT2D eigenvalue weighted by Crippen LogP contribution is -2.22. The molecule has 0 aliphatic heterocycles. The molecule has 1 heterocycles. The summed E-state index contributed by atoms with van der Waals surface area (Å²) in [5, 5.41) is 23.5. The number of nitriles is 1. The molecule has 8 heteroatoms. The van der Waals surface area contributed by atoms with Crippen LogP contribution in [0.1, 0.15) is 26.3 Å². The fourth-order valence-corrected chi connectivity index (χ4v) is 3.64. The van der Waals surface area contributed by atoms with Gasteiger partial charge in [-0.1, -0.05) is 43.0 Å². The molecule has 1 atom stereocenters. The zero-order chi connectivity index (χ0) is 17.5. The van der Waals surface area contributed by atoms with E-state index >= 15 is 0 Å². The van der Waals surface area contributed by atoms with Crippen LogP contribution < -0.4 is 10.6 Å². The van der Waals surface area contributed by atoms with E-state index in [1.54, 1.807) is 24.3 Å². The van der Waals surface area contributed by atoms with E-state index in [2.05, 4.69) is 40.7 Å². The smallest absolute Gasteiger partial charge is 0.237 e. The number of hydrogen-bond donors (Lipinski definition) is 2. The Kier molecular flexibility index (Phi) is 6.58. The third-order valence-corrected chi connectivity index (χ3v) is 5.04. The minimum atomic E-state index is -0.318. The molecule has 2 N–H and O–H groups in total. The zero-order valence-electron chi connectivity index (χ0n) is 13.7. The van der Waals surface area contributed by atoms with Crippen LogP contribution in [0.4, 0.5) is 10.8 Å². The van der Waals surface area contributed by atoms with Gasteiger partial charge in [0.1, 0.15) is 0 Å². The summed E-state index contributed by atoms with van der Waals surface area (Å²) in [5.74, 6) is 0.390. The van der Waals surface area contributed by atoms with Crippen molar-refractivity contribution in [3.63, 3.8) is 0 Å². The van der Waals surface area contributed by atoms with Crippen LogP contribution in [-0.4, -0.2) is 27.9 Å². The van der Waals surface area contributed by atoms with Crippen LogP contribution in [-0.2, 0) is 4.79 Å². The molecule has 0 unspecified atom stereocenters. The molecule has 0 bridgehead atoms. The minimum Gasteiger partial charge on any atom is -0.360 e. The van der Waals surface area contributed by atoms with Crippen molar-refractivity contribution in [2.24, 2.45) is 5.92 Å². The number of carbonyl (C=O) groups is 1. The number of aromatic nitrogens is 2. The largest absolute Gasteiger partial charge is 0.360 e. The predicted octanol–water partition coefficient (Wildman–Crippen LogP) is 3.60. The number of rotatable bonds is 7. The molecule has 0 spiro atoms. The highest BCUT2D eigenvalue weighted by Gasteiger charge is 2.17. The topological polar surface area (TPSA) is 90.7 Å². The number of nitrogens with zero attached hydrogens (tertiary/aromatic N) is 3. The fourth-order valence-electron chi connectivity index (χ4n) is 1.74. The van der Waals surface area contributed by atoms with E-state index in [1.165, 1.54) is 23.1 Å². The number of hydrogen-bond acceptors (Lipinski definition) is 7. The van der Waals surface area contributed by atoms with Gasteiger partial charge in [0.25, 0.3) is 0 Å². The molecule has 1 aromatic carbocycles. The van der Waals surface area contributed by atoms with Gasteiger partial charge in [-0.25, -0.2) is 0 Å². The van der Waals surface area contributed by atoms with Crippen LogP contribution >= 0.6 is 23.1 Å². The molecule has 1 amide bonds. The summed E-state index contributed by atoms with van der Waals surface area (Å²) in [6, 6.07) is 8.89. The van der Waals surface area contributed by atoms with Crippen molar-refractivity contribution in [1.82, 2.24) is 10.2 Å². The molecule has 0 radical (unpaired) electrons. The number of amides is 1. The van der Waals surface area contributed by atoms with E-state index in [0.29, 0.717) is 17.2 Å². The standard InChI is InChI=1S/C16H19N5OS2/c1-10(2)9-18-15-20-21-16(24-15)23-11(3)14(22)19-13-6-4-5-12(7-13)8-17/h4-7,10-11H,9H2,1-3H3,(H,18,20)(H,19,22)/t11-/m0/s1. The number of benzene rings is 1. The summed E-state index contributed by atoms with van der Waals surface area (Å²) in [6.07, 6.45) is 0. The molecular formula is C16H19N5OS2. The van der Waals surface area contributed by atoms with Crippen LogP contribution in [0.3, 0.4) is 0 Å². The second kappa shape index (κ2) is 8.66. The molecule has 1 aromatic heterocycles. The Hall–Kier alpha value is -2.11. The van der Waals surface area contributed by atoms with Crippen molar-refractivity contribution < 1.29 is 4.79 Å². The number of carbonyl (C=O) groups excluding carboxylic acids is 1. The Bertz CT molecular complexity index is 738. The quantitative estimate of drug-likeness (QED) is 0.732. The highest BCUT2D eigenvalue weighted by Crippen LogP contribution is 2.29. The first-order valence-electron chi connectivity index (χ1n) is 7.53. The van der Waals surface area contributed by atoms with Gasteiger partial charge in [0, 0.05) is 12.2 Å². The van der Waals surface area contributed by atoms with Gasteiger partial charge in [-0.15, -0.1) is 10.2 Å². The summed E-state index contributed by atoms with van der Waals surface area (Å²) in [7, 11) is 0. The van der Waals surface area contributed by atoms with Crippen molar-refractivity contribution in [2.45, 2.75) is 30.4 Å². The Morgan fingerprint density at radius 2 is 2.17 bits per heavy atom. The van der Waals surface area contributed by atoms with Crippen molar-refractivity contribution >= 4 is 39.8 Å². The van der Waals surface area contributed by atoms with Crippen LogP contribution in [0.2, 0.25) is 0 Å². The molecule has 6 nitrogen and oxygen atoms in total. The molecular weight excluding hydrogens is 342 g/mol. The SMILES string of the molecule is CC(C)CNc1nnc(S[C@@H](C)C(=O)Nc2cccc(C#N)c2)s1. The maximum Gasteiger partial charge on any atom is 0.237 e. The summed E-state index contributed by atoms with van der Waals surface area (Å²) in [4.78, 5) is 12.3. The van der Waals surface area contributed by atoms with Crippen LogP contribution in [0, 0.1) is 17.2 Å². The third-order valence-electron chi connectivity index (χ3n) is 2.97. The molecule has 0 saturated heterocycles. The molecule has 2 rings (SSSR count). The second-order valence-electron chi connectivity index (χ2n) is 5.59. The molecule has 126 valence electrons. The lowest BCUT2D eigenvalue weighted by atomic mass is 10.2. The second-order valence-corrected chi connectivity index (χ2v) is 8.16. The maximum absolute atomic E-state index is 12.3. The van der Waals surface area contributed by atoms with Crippen molar-refractivity contribution in [1.29, 1.82) is 5.26 Å². The Labute approximate surface area is 149 Å². The summed E-state index contributed by atoms with van der Waals surface area (Å²) >= 11 is 2.80. The van der Waals surface area contributed by atoms with Crippen molar-refractivity contribution in [3.8, 4) is 6.07 Å². The van der Waals surface area contributed by atoms with Crippen LogP contribution in [0.5, 0.6) is 0 Å². The Morgan fingerprint density at radius 3 is 2.88 bits per heavy atom. The van der Waals surface area contributed by atoms with Gasteiger partial charge in [-0.3, -0.25) is 4.79 Å². The third kappa shape index (κ3) is 5.51. The van der Waals surface area contributed by atoms with Crippen LogP contribution in [0.25, 0.3) is 0 Å². The van der Waals surface area contributed by atoms with Gasteiger partial charge in [0.05, 0.1) is 16.9 Å². The molecule has 2 aromatic rings. The number of nitrogens with one attached hydrogen (secondary N) is 2. The van der Waals surface area contributed by atoms with E-state index < -0.39 is 0 Å². The molecule has 24 heavy (non-hydrogen) atoms. The summed E-state index contributed by atoms with van der Waals surface area (Å²) in [6.45, 7) is 6.90. The van der Waals surface area contributed by atoms with Gasteiger partial charge in [-0.2, -0.15) is 5.26 Å². The van der Waals surface area contributed by atoms with Gasteiger partial charge in [-0.05, 0) is 31.0 Å². The molecule has 0 aliphatic carbocycles. The number of anilines is 2. The minimum absolute atomic E-state index is 0.137. The molecule has 0 saturated carbocycles. The lowest BCUT2D eigenvalue weighted by molar-refractivity contribution is -0.115. The lowest BCUT2D eigenvalue weighted by Gasteiger charge is -2.10. The maximum atomic E-state index is 12.3. The van der Waals surface area contributed by atoms with Gasteiger partial charge >= 0.3 is 0 Å². The van der Waals surface area contributed by atoms with Crippen LogP contribution in [0.15, 0.2) is 28.6 Å². The monoisotopic (exact) mass is 361 g/mol. The predicted molar refractivity (Wildman–Crippen MR) is 98.3 cm³/mol. The van der Waals surface area contributed by atoms with Gasteiger partial charge < -0.3 is 10.6 Å². The van der Waals surface area contributed by atoms with Crippen molar-refractivity contribution in [3.05, 3.63) is 29.8 Å². The average Bonchev–Trinajstić information content (AvgIpc) is 3.00. The van der Waals surface area contributed by atoms with Crippen molar-refractivity contribution in [2.75, 3.05) is 17.2 Å². The first-order valence-corrected chi connectivity index (χ1v) is 9.22. The highest BCUT2D eigenvalue weighted by molar-refractivity contribution is 8.02. The summed E-state index contributed by atoms with van der Waals surface area (Å²) < 4.78 is 0.745. The van der Waals surface area contributed by atoms with E-state index in [1.807, 2.05) is 6.92 Å².